The second-order valence-corrected chi connectivity index (χ2v) is 9.24. The smallest absolute Gasteiger partial charge is 0.335 e. The van der Waals surface area contributed by atoms with Gasteiger partial charge in [0.25, 0.3) is 0 Å². The number of carboxylic acid groups (broad SMARTS) is 1. The van der Waals surface area contributed by atoms with Crippen LogP contribution in [0, 0.1) is 5.92 Å². The van der Waals surface area contributed by atoms with Crippen molar-refractivity contribution in [2.45, 2.75) is 51.1 Å². The summed E-state index contributed by atoms with van der Waals surface area (Å²) in [5.74, 6) is 0.451. The van der Waals surface area contributed by atoms with E-state index >= 15 is 0 Å². The van der Waals surface area contributed by atoms with Gasteiger partial charge in [-0.1, -0.05) is 49.4 Å². The SMILES string of the molecule is CC(CNc1ncnc(NC2CCC(C(=O)NCc3ccc(C(=O)O)cc3)CC2)n1)c1ccccc1. The average molecular weight is 489 g/mol. The molecule has 188 valence electrons. The zero-order chi connectivity index (χ0) is 25.3. The third-order valence-electron chi connectivity index (χ3n) is 6.61. The zero-order valence-electron chi connectivity index (χ0n) is 20.4. The average Bonchev–Trinajstić information content (AvgIpc) is 2.91. The number of hydrogen-bond donors (Lipinski definition) is 4. The third-order valence-corrected chi connectivity index (χ3v) is 6.61. The Bertz CT molecular complexity index is 1150. The van der Waals surface area contributed by atoms with Gasteiger partial charge in [-0.05, 0) is 54.9 Å². The number of nitrogens with one attached hydrogen (secondary N) is 3. The standard InChI is InChI=1S/C27H32N6O3/c1-18(20-5-3-2-4-6-20)15-29-26-30-17-31-27(33-26)32-23-13-11-21(12-14-23)24(34)28-16-19-7-9-22(10-8-19)25(35)36/h2-10,17-18,21,23H,11-16H2,1H3,(H,28,34)(H,35,36)(H2,29,30,31,32,33). The molecule has 1 unspecified atom stereocenters. The van der Waals surface area contributed by atoms with Crippen LogP contribution in [0.1, 0.15) is 60.0 Å². The molecule has 4 N–H and O–H groups in total. The highest BCUT2D eigenvalue weighted by atomic mass is 16.4. The van der Waals surface area contributed by atoms with Crippen LogP contribution in [0.15, 0.2) is 60.9 Å². The molecule has 9 heteroatoms. The molecular weight excluding hydrogens is 456 g/mol. The summed E-state index contributed by atoms with van der Waals surface area (Å²) in [5.41, 5.74) is 2.37. The zero-order valence-corrected chi connectivity index (χ0v) is 20.4. The Morgan fingerprint density at radius 1 is 0.972 bits per heavy atom. The summed E-state index contributed by atoms with van der Waals surface area (Å²) in [7, 11) is 0. The molecule has 0 spiro atoms. The molecule has 1 atom stereocenters. The first-order chi connectivity index (χ1) is 17.5. The Labute approximate surface area is 210 Å². The number of carbonyl (C=O) groups excluding carboxylic acids is 1. The Morgan fingerprint density at radius 2 is 1.67 bits per heavy atom. The van der Waals surface area contributed by atoms with Gasteiger partial charge in [0, 0.05) is 25.0 Å². The lowest BCUT2D eigenvalue weighted by Crippen LogP contribution is -2.35. The normalized spacial score (nSPS) is 18.1. The van der Waals surface area contributed by atoms with E-state index in [1.807, 2.05) is 18.2 Å². The number of carboxylic acids is 1. The molecule has 1 amide bonds. The van der Waals surface area contributed by atoms with E-state index in [0.717, 1.165) is 37.8 Å². The first-order valence-corrected chi connectivity index (χ1v) is 12.3. The number of nitrogens with zero attached hydrogens (tertiary/aromatic N) is 3. The van der Waals surface area contributed by atoms with Crippen LogP contribution in [0.25, 0.3) is 0 Å². The van der Waals surface area contributed by atoms with Crippen molar-refractivity contribution in [2.75, 3.05) is 17.2 Å². The number of aromatic nitrogens is 3. The second kappa shape index (κ2) is 12.1. The van der Waals surface area contributed by atoms with E-state index in [4.69, 9.17) is 5.11 Å². The summed E-state index contributed by atoms with van der Waals surface area (Å²) in [6, 6.07) is 17.1. The van der Waals surface area contributed by atoms with Crippen LogP contribution in [0.3, 0.4) is 0 Å². The highest BCUT2D eigenvalue weighted by Crippen LogP contribution is 2.26. The molecule has 1 aliphatic carbocycles. The van der Waals surface area contributed by atoms with Crippen molar-refractivity contribution in [1.82, 2.24) is 20.3 Å². The molecule has 36 heavy (non-hydrogen) atoms. The van der Waals surface area contributed by atoms with E-state index in [0.29, 0.717) is 24.4 Å². The Balaban J connectivity index is 1.20. The van der Waals surface area contributed by atoms with E-state index in [9.17, 15) is 9.59 Å². The maximum atomic E-state index is 12.6. The highest BCUT2D eigenvalue weighted by Gasteiger charge is 2.26. The molecule has 1 fully saturated rings. The Kier molecular flexibility index (Phi) is 8.44. The predicted molar refractivity (Wildman–Crippen MR) is 138 cm³/mol. The first-order valence-electron chi connectivity index (χ1n) is 12.3. The third kappa shape index (κ3) is 7.00. The van der Waals surface area contributed by atoms with Gasteiger partial charge in [-0.15, -0.1) is 0 Å². The minimum atomic E-state index is -0.960. The van der Waals surface area contributed by atoms with Crippen molar-refractivity contribution in [1.29, 1.82) is 0 Å². The lowest BCUT2D eigenvalue weighted by Gasteiger charge is -2.28. The van der Waals surface area contributed by atoms with Crippen LogP contribution < -0.4 is 16.0 Å². The fraction of sp³-hybridized carbons (Fsp3) is 0.370. The molecule has 1 aromatic heterocycles. The molecule has 0 bridgehead atoms. The molecular formula is C27H32N6O3. The molecule has 3 aromatic rings. The van der Waals surface area contributed by atoms with Crippen molar-refractivity contribution in [3.63, 3.8) is 0 Å². The number of carbonyl (C=O) groups is 2. The van der Waals surface area contributed by atoms with Gasteiger partial charge in [0.2, 0.25) is 17.8 Å². The van der Waals surface area contributed by atoms with Gasteiger partial charge in [-0.25, -0.2) is 14.8 Å². The largest absolute Gasteiger partial charge is 0.478 e. The second-order valence-electron chi connectivity index (χ2n) is 9.24. The first kappa shape index (κ1) is 25.1. The molecule has 4 rings (SSSR count). The van der Waals surface area contributed by atoms with Gasteiger partial charge < -0.3 is 21.1 Å². The quantitative estimate of drug-likeness (QED) is 0.336. The monoisotopic (exact) mass is 488 g/mol. The number of amides is 1. The fourth-order valence-electron chi connectivity index (χ4n) is 4.38. The maximum Gasteiger partial charge on any atom is 0.335 e. The summed E-state index contributed by atoms with van der Waals surface area (Å²) in [6.07, 6.45) is 4.78. The van der Waals surface area contributed by atoms with Gasteiger partial charge in [-0.2, -0.15) is 4.98 Å². The van der Waals surface area contributed by atoms with Gasteiger partial charge in [0.05, 0.1) is 5.56 Å². The van der Waals surface area contributed by atoms with Crippen molar-refractivity contribution < 1.29 is 14.7 Å². The molecule has 1 heterocycles. The molecule has 0 radical (unpaired) electrons. The van der Waals surface area contributed by atoms with E-state index in [2.05, 4.69) is 50.0 Å². The van der Waals surface area contributed by atoms with Crippen molar-refractivity contribution in [2.24, 2.45) is 5.92 Å². The molecule has 2 aromatic carbocycles. The fourth-order valence-corrected chi connectivity index (χ4v) is 4.38. The van der Waals surface area contributed by atoms with E-state index in [1.54, 1.807) is 24.3 Å². The number of aromatic carboxylic acids is 1. The van der Waals surface area contributed by atoms with Crippen LogP contribution in [0.5, 0.6) is 0 Å². The highest BCUT2D eigenvalue weighted by molar-refractivity contribution is 5.87. The number of rotatable bonds is 10. The molecule has 0 aliphatic heterocycles. The van der Waals surface area contributed by atoms with Crippen molar-refractivity contribution in [3.8, 4) is 0 Å². The van der Waals surface area contributed by atoms with Crippen LogP contribution >= 0.6 is 0 Å². The van der Waals surface area contributed by atoms with Crippen molar-refractivity contribution in [3.05, 3.63) is 77.6 Å². The summed E-state index contributed by atoms with van der Waals surface area (Å²) < 4.78 is 0. The molecule has 1 aliphatic rings. The summed E-state index contributed by atoms with van der Waals surface area (Å²) in [5, 5.41) is 18.6. The van der Waals surface area contributed by atoms with Gasteiger partial charge in [0.15, 0.2) is 0 Å². The van der Waals surface area contributed by atoms with E-state index < -0.39 is 5.97 Å². The minimum Gasteiger partial charge on any atom is -0.478 e. The van der Waals surface area contributed by atoms with Gasteiger partial charge >= 0.3 is 5.97 Å². The van der Waals surface area contributed by atoms with Crippen LogP contribution in [-0.2, 0) is 11.3 Å². The summed E-state index contributed by atoms with van der Waals surface area (Å²) >= 11 is 0. The lowest BCUT2D eigenvalue weighted by molar-refractivity contribution is -0.126. The predicted octanol–water partition coefficient (Wildman–Crippen LogP) is 4.07. The van der Waals surface area contributed by atoms with Crippen LogP contribution in [0.4, 0.5) is 11.9 Å². The number of benzene rings is 2. The Morgan fingerprint density at radius 3 is 2.36 bits per heavy atom. The van der Waals surface area contributed by atoms with E-state index in [-0.39, 0.29) is 23.4 Å². The lowest BCUT2D eigenvalue weighted by atomic mass is 9.85. The van der Waals surface area contributed by atoms with E-state index in [1.165, 1.54) is 11.9 Å². The molecule has 0 saturated heterocycles. The van der Waals surface area contributed by atoms with Gasteiger partial charge in [-0.3, -0.25) is 4.79 Å². The Hall–Kier alpha value is -4.01. The number of anilines is 2. The minimum absolute atomic E-state index is 0.0311. The summed E-state index contributed by atoms with van der Waals surface area (Å²) in [6.45, 7) is 3.27. The van der Waals surface area contributed by atoms with Gasteiger partial charge in [0.1, 0.15) is 6.33 Å². The maximum absolute atomic E-state index is 12.6. The van der Waals surface area contributed by atoms with Crippen LogP contribution in [0.2, 0.25) is 0 Å². The number of hydrogen-bond acceptors (Lipinski definition) is 7. The molecule has 9 nitrogen and oxygen atoms in total. The summed E-state index contributed by atoms with van der Waals surface area (Å²) in [4.78, 5) is 36.6. The topological polar surface area (TPSA) is 129 Å². The van der Waals surface area contributed by atoms with Crippen molar-refractivity contribution >= 4 is 23.8 Å². The van der Waals surface area contributed by atoms with Crippen LogP contribution in [-0.4, -0.2) is 44.5 Å². The molecule has 1 saturated carbocycles.